The average molecular weight is 228 g/mol. The minimum atomic E-state index is 0.940. The van der Waals surface area contributed by atoms with Gasteiger partial charge in [-0.2, -0.15) is 0 Å². The molecule has 0 saturated heterocycles. The van der Waals surface area contributed by atoms with Gasteiger partial charge in [0.05, 0.1) is 5.52 Å². The van der Waals surface area contributed by atoms with Crippen molar-refractivity contribution in [1.82, 2.24) is 4.98 Å². The Morgan fingerprint density at radius 1 is 1.18 bits per heavy atom. The minimum Gasteiger partial charge on any atom is -0.385 e. The number of aryl methyl sites for hydroxylation is 2. The zero-order valence-electron chi connectivity index (χ0n) is 11.1. The standard InChI is InChI=1S/C15H20N2/c1-5-12-8-7-9-13-14(16-6-2)10(3)11(4)17-15(12)13/h7-9H,5-6H2,1-4H3,(H,16,17). The molecule has 0 aliphatic heterocycles. The topological polar surface area (TPSA) is 24.9 Å². The number of anilines is 1. The highest BCUT2D eigenvalue weighted by Gasteiger charge is 2.10. The van der Waals surface area contributed by atoms with E-state index in [1.54, 1.807) is 0 Å². The zero-order chi connectivity index (χ0) is 12.4. The summed E-state index contributed by atoms with van der Waals surface area (Å²) in [6, 6.07) is 6.45. The van der Waals surface area contributed by atoms with E-state index in [1.807, 2.05) is 0 Å². The van der Waals surface area contributed by atoms with E-state index in [-0.39, 0.29) is 0 Å². The third-order valence-electron chi connectivity index (χ3n) is 3.32. The summed E-state index contributed by atoms with van der Waals surface area (Å²) in [6.45, 7) is 9.47. The molecule has 0 unspecified atom stereocenters. The largest absolute Gasteiger partial charge is 0.385 e. The lowest BCUT2D eigenvalue weighted by Gasteiger charge is -2.15. The van der Waals surface area contributed by atoms with Gasteiger partial charge in [0.15, 0.2) is 0 Å². The second-order valence-corrected chi connectivity index (χ2v) is 4.39. The monoisotopic (exact) mass is 228 g/mol. The Labute approximate surface area is 103 Å². The molecule has 90 valence electrons. The van der Waals surface area contributed by atoms with Gasteiger partial charge < -0.3 is 5.32 Å². The van der Waals surface area contributed by atoms with Gasteiger partial charge in [0.1, 0.15) is 0 Å². The Morgan fingerprint density at radius 3 is 2.59 bits per heavy atom. The predicted molar refractivity (Wildman–Crippen MR) is 74.8 cm³/mol. The molecule has 1 heterocycles. The van der Waals surface area contributed by atoms with Crippen molar-refractivity contribution in [3.8, 4) is 0 Å². The van der Waals surface area contributed by atoms with E-state index in [0.717, 1.165) is 24.2 Å². The molecule has 1 aromatic heterocycles. The van der Waals surface area contributed by atoms with Crippen LogP contribution in [0.3, 0.4) is 0 Å². The van der Waals surface area contributed by atoms with Gasteiger partial charge >= 0.3 is 0 Å². The maximum absolute atomic E-state index is 4.75. The number of benzene rings is 1. The normalized spacial score (nSPS) is 10.8. The summed E-state index contributed by atoms with van der Waals surface area (Å²) in [5.74, 6) is 0. The first-order chi connectivity index (χ1) is 8.19. The Morgan fingerprint density at radius 2 is 1.94 bits per heavy atom. The molecule has 2 rings (SSSR count). The highest BCUT2D eigenvalue weighted by molar-refractivity contribution is 5.95. The van der Waals surface area contributed by atoms with Gasteiger partial charge in [0.25, 0.3) is 0 Å². The fourth-order valence-corrected chi connectivity index (χ4v) is 2.25. The van der Waals surface area contributed by atoms with Gasteiger partial charge in [-0.05, 0) is 38.3 Å². The van der Waals surface area contributed by atoms with Gasteiger partial charge in [0, 0.05) is 23.3 Å². The summed E-state index contributed by atoms with van der Waals surface area (Å²) < 4.78 is 0. The maximum Gasteiger partial charge on any atom is 0.0757 e. The molecular weight excluding hydrogens is 208 g/mol. The van der Waals surface area contributed by atoms with Crippen LogP contribution in [-0.4, -0.2) is 11.5 Å². The smallest absolute Gasteiger partial charge is 0.0757 e. The zero-order valence-corrected chi connectivity index (χ0v) is 11.1. The van der Waals surface area contributed by atoms with E-state index < -0.39 is 0 Å². The first-order valence-corrected chi connectivity index (χ1v) is 6.31. The molecule has 0 fully saturated rings. The number of para-hydroxylation sites is 1. The molecule has 0 amide bonds. The molecular formula is C15H20N2. The SMILES string of the molecule is CCNc1c(C)c(C)nc2c(CC)cccc12. The molecule has 0 spiro atoms. The Hall–Kier alpha value is -1.57. The fraction of sp³-hybridized carbons (Fsp3) is 0.400. The molecule has 2 nitrogen and oxygen atoms in total. The van der Waals surface area contributed by atoms with E-state index in [9.17, 15) is 0 Å². The van der Waals surface area contributed by atoms with E-state index in [1.165, 1.54) is 22.2 Å². The van der Waals surface area contributed by atoms with Gasteiger partial charge in [-0.25, -0.2) is 0 Å². The molecule has 1 N–H and O–H groups in total. The van der Waals surface area contributed by atoms with Crippen molar-refractivity contribution < 1.29 is 0 Å². The van der Waals surface area contributed by atoms with Crippen LogP contribution in [0.25, 0.3) is 10.9 Å². The maximum atomic E-state index is 4.75. The van der Waals surface area contributed by atoms with Crippen LogP contribution in [0.1, 0.15) is 30.7 Å². The molecule has 0 atom stereocenters. The van der Waals surface area contributed by atoms with Crippen molar-refractivity contribution in [3.63, 3.8) is 0 Å². The summed E-state index contributed by atoms with van der Waals surface area (Å²) >= 11 is 0. The van der Waals surface area contributed by atoms with Crippen molar-refractivity contribution in [2.75, 3.05) is 11.9 Å². The highest BCUT2D eigenvalue weighted by Crippen LogP contribution is 2.29. The average Bonchev–Trinajstić information content (AvgIpc) is 2.34. The molecule has 0 bridgehead atoms. The minimum absolute atomic E-state index is 0.940. The lowest BCUT2D eigenvalue weighted by atomic mass is 10.0. The molecule has 0 aliphatic rings. The quantitative estimate of drug-likeness (QED) is 0.863. The third kappa shape index (κ3) is 1.99. The summed E-state index contributed by atoms with van der Waals surface area (Å²) in [5.41, 5.74) is 6.09. The first-order valence-electron chi connectivity index (χ1n) is 6.31. The van der Waals surface area contributed by atoms with Crippen LogP contribution in [0.5, 0.6) is 0 Å². The van der Waals surface area contributed by atoms with Gasteiger partial charge in [0.2, 0.25) is 0 Å². The highest BCUT2D eigenvalue weighted by atomic mass is 14.9. The number of rotatable bonds is 3. The Kier molecular flexibility index (Phi) is 3.32. The van der Waals surface area contributed by atoms with E-state index in [0.29, 0.717) is 0 Å². The number of nitrogens with zero attached hydrogens (tertiary/aromatic N) is 1. The van der Waals surface area contributed by atoms with Crippen LogP contribution in [0.4, 0.5) is 5.69 Å². The lowest BCUT2D eigenvalue weighted by Crippen LogP contribution is -2.03. The molecule has 0 radical (unpaired) electrons. The number of nitrogens with one attached hydrogen (secondary N) is 1. The lowest BCUT2D eigenvalue weighted by molar-refractivity contribution is 1.11. The summed E-state index contributed by atoms with van der Waals surface area (Å²) in [4.78, 5) is 4.75. The molecule has 1 aromatic carbocycles. The Balaban J connectivity index is 2.81. The second kappa shape index (κ2) is 4.74. The number of pyridine rings is 1. The van der Waals surface area contributed by atoms with Crippen LogP contribution in [0, 0.1) is 13.8 Å². The molecule has 0 aliphatic carbocycles. The van der Waals surface area contributed by atoms with E-state index >= 15 is 0 Å². The first kappa shape index (κ1) is 11.9. The van der Waals surface area contributed by atoms with Gasteiger partial charge in [-0.3, -0.25) is 4.98 Å². The van der Waals surface area contributed by atoms with Crippen LogP contribution < -0.4 is 5.32 Å². The van der Waals surface area contributed by atoms with Crippen LogP contribution >= 0.6 is 0 Å². The second-order valence-electron chi connectivity index (χ2n) is 4.39. The fourth-order valence-electron chi connectivity index (χ4n) is 2.25. The van der Waals surface area contributed by atoms with Crippen LogP contribution in [0.15, 0.2) is 18.2 Å². The van der Waals surface area contributed by atoms with Crippen molar-refractivity contribution in [1.29, 1.82) is 0 Å². The molecule has 0 saturated carbocycles. The van der Waals surface area contributed by atoms with Crippen molar-refractivity contribution >= 4 is 16.6 Å². The number of hydrogen-bond acceptors (Lipinski definition) is 2. The number of hydrogen-bond donors (Lipinski definition) is 1. The summed E-state index contributed by atoms with van der Waals surface area (Å²) in [6.07, 6.45) is 1.03. The van der Waals surface area contributed by atoms with Gasteiger partial charge in [-0.15, -0.1) is 0 Å². The molecule has 2 heteroatoms. The molecule has 17 heavy (non-hydrogen) atoms. The van der Waals surface area contributed by atoms with E-state index in [4.69, 9.17) is 4.98 Å². The van der Waals surface area contributed by atoms with Crippen LogP contribution in [-0.2, 0) is 6.42 Å². The number of fused-ring (bicyclic) bond motifs is 1. The molecule has 2 aromatic rings. The third-order valence-corrected chi connectivity index (χ3v) is 3.32. The Bertz CT molecular complexity index is 544. The predicted octanol–water partition coefficient (Wildman–Crippen LogP) is 3.85. The van der Waals surface area contributed by atoms with Crippen molar-refractivity contribution in [2.24, 2.45) is 0 Å². The summed E-state index contributed by atoms with van der Waals surface area (Å²) in [7, 11) is 0. The number of aromatic nitrogens is 1. The van der Waals surface area contributed by atoms with Crippen molar-refractivity contribution in [2.45, 2.75) is 34.1 Å². The van der Waals surface area contributed by atoms with Gasteiger partial charge in [-0.1, -0.05) is 25.1 Å². The van der Waals surface area contributed by atoms with Crippen LogP contribution in [0.2, 0.25) is 0 Å². The van der Waals surface area contributed by atoms with Crippen molar-refractivity contribution in [3.05, 3.63) is 35.0 Å². The summed E-state index contributed by atoms with van der Waals surface area (Å²) in [5, 5.41) is 4.72. The van der Waals surface area contributed by atoms with E-state index in [2.05, 4.69) is 51.2 Å².